The van der Waals surface area contributed by atoms with Crippen LogP contribution in [0.4, 0.5) is 4.79 Å². The van der Waals surface area contributed by atoms with E-state index in [0.717, 1.165) is 0 Å². The fraction of sp³-hybridized carbons (Fsp3) is 0.500. The van der Waals surface area contributed by atoms with Crippen molar-refractivity contribution in [1.29, 1.82) is 0 Å². The Morgan fingerprint density at radius 3 is 2.90 bits per heavy atom. The Labute approximate surface area is 127 Å². The monoisotopic (exact) mass is 308 g/mol. The van der Waals surface area contributed by atoms with E-state index in [0.29, 0.717) is 30.6 Å². The van der Waals surface area contributed by atoms with Gasteiger partial charge in [-0.1, -0.05) is 25.1 Å². The molecule has 2 aromatic rings. The average Bonchev–Trinajstić information content (AvgIpc) is 3.13. The largest absolute Gasteiger partial charge is 0.340 e. The molecule has 0 fully saturated rings. The summed E-state index contributed by atoms with van der Waals surface area (Å²) in [5, 5.41) is 11.6. The van der Waals surface area contributed by atoms with Gasteiger partial charge in [-0.05, 0) is 17.9 Å². The molecule has 0 aromatic carbocycles. The van der Waals surface area contributed by atoms with Crippen molar-refractivity contribution in [1.82, 2.24) is 20.8 Å². The third-order valence-electron chi connectivity index (χ3n) is 3.17. The number of thiophene rings is 1. The Morgan fingerprint density at radius 1 is 1.52 bits per heavy atom. The van der Waals surface area contributed by atoms with E-state index in [1.54, 1.807) is 18.3 Å². The van der Waals surface area contributed by atoms with Gasteiger partial charge in [0, 0.05) is 24.3 Å². The predicted octanol–water partition coefficient (Wildman–Crippen LogP) is 2.99. The number of hydrogen-bond acceptors (Lipinski definition) is 5. The molecule has 0 aliphatic rings. The van der Waals surface area contributed by atoms with Crippen molar-refractivity contribution in [2.24, 2.45) is 0 Å². The first-order chi connectivity index (χ1) is 10.1. The van der Waals surface area contributed by atoms with Gasteiger partial charge in [0.1, 0.15) is 0 Å². The number of nitrogens with one attached hydrogen (secondary N) is 2. The molecule has 0 spiro atoms. The molecular formula is C14H20N4O2S. The van der Waals surface area contributed by atoms with Crippen LogP contribution >= 0.6 is 11.3 Å². The molecule has 2 N–H and O–H groups in total. The van der Waals surface area contributed by atoms with Crippen LogP contribution < -0.4 is 10.6 Å². The van der Waals surface area contributed by atoms with E-state index >= 15 is 0 Å². The van der Waals surface area contributed by atoms with E-state index in [-0.39, 0.29) is 12.1 Å². The van der Waals surface area contributed by atoms with Crippen LogP contribution in [-0.2, 0) is 0 Å². The van der Waals surface area contributed by atoms with Gasteiger partial charge >= 0.3 is 6.03 Å². The van der Waals surface area contributed by atoms with Gasteiger partial charge in [-0.25, -0.2) is 4.79 Å². The smallest absolute Gasteiger partial charge is 0.315 e. The number of amides is 2. The Bertz CT molecular complexity index is 567. The normalized spacial score (nSPS) is 13.7. The fourth-order valence-electron chi connectivity index (χ4n) is 1.93. The molecule has 0 saturated carbocycles. The first kappa shape index (κ1) is 15.5. The maximum absolute atomic E-state index is 12.0. The molecule has 0 aliphatic carbocycles. The number of aryl methyl sites for hydroxylation is 1. The van der Waals surface area contributed by atoms with E-state index < -0.39 is 0 Å². The van der Waals surface area contributed by atoms with Crippen LogP contribution in [0, 0.1) is 6.92 Å². The number of carbonyl (C=O) groups is 1. The van der Waals surface area contributed by atoms with E-state index in [2.05, 4.69) is 33.8 Å². The van der Waals surface area contributed by atoms with Gasteiger partial charge in [-0.2, -0.15) is 4.98 Å². The lowest BCUT2D eigenvalue weighted by atomic mass is 10.1. The molecule has 0 unspecified atom stereocenters. The highest BCUT2D eigenvalue weighted by atomic mass is 32.1. The Hall–Kier alpha value is -1.89. The summed E-state index contributed by atoms with van der Waals surface area (Å²) in [5.74, 6) is 1.30. The van der Waals surface area contributed by atoms with Crippen LogP contribution in [0.3, 0.4) is 0 Å². The number of hydrogen-bond donors (Lipinski definition) is 2. The molecule has 2 aromatic heterocycles. The highest BCUT2D eigenvalue weighted by Crippen LogP contribution is 2.19. The van der Waals surface area contributed by atoms with Crippen molar-refractivity contribution < 1.29 is 9.32 Å². The molecule has 0 bridgehead atoms. The van der Waals surface area contributed by atoms with Crippen molar-refractivity contribution in [2.75, 3.05) is 6.54 Å². The van der Waals surface area contributed by atoms with E-state index in [1.165, 1.54) is 4.88 Å². The molecule has 6 nitrogen and oxygen atoms in total. The topological polar surface area (TPSA) is 80.0 Å². The van der Waals surface area contributed by atoms with Crippen molar-refractivity contribution in [2.45, 2.75) is 39.2 Å². The molecule has 2 atom stereocenters. The first-order valence-corrected chi connectivity index (χ1v) is 7.86. The van der Waals surface area contributed by atoms with Crippen molar-refractivity contribution in [3.63, 3.8) is 0 Å². The number of carbonyl (C=O) groups excluding carboxylic acids is 1. The summed E-state index contributed by atoms with van der Waals surface area (Å²) in [7, 11) is 0. The van der Waals surface area contributed by atoms with Crippen LogP contribution in [0.25, 0.3) is 0 Å². The van der Waals surface area contributed by atoms with Crippen molar-refractivity contribution >= 4 is 17.4 Å². The summed E-state index contributed by atoms with van der Waals surface area (Å²) in [6.45, 7) is 6.37. The van der Waals surface area contributed by atoms with Crippen LogP contribution in [0.2, 0.25) is 0 Å². The van der Waals surface area contributed by atoms with Gasteiger partial charge in [-0.3, -0.25) is 0 Å². The molecular weight excluding hydrogens is 288 g/mol. The summed E-state index contributed by atoms with van der Waals surface area (Å²) in [6.07, 6.45) is 0.701. The third-order valence-corrected chi connectivity index (χ3v) is 4.27. The summed E-state index contributed by atoms with van der Waals surface area (Å²) in [6, 6.07) is 3.64. The molecule has 0 aliphatic heterocycles. The van der Waals surface area contributed by atoms with Crippen molar-refractivity contribution in [3.8, 4) is 0 Å². The Balaban J connectivity index is 1.83. The van der Waals surface area contributed by atoms with Gasteiger partial charge in [0.15, 0.2) is 5.82 Å². The number of nitrogens with zero attached hydrogens (tertiary/aromatic N) is 2. The first-order valence-electron chi connectivity index (χ1n) is 6.98. The van der Waals surface area contributed by atoms with Gasteiger partial charge in [0.2, 0.25) is 5.89 Å². The number of aromatic nitrogens is 2. The minimum Gasteiger partial charge on any atom is -0.340 e. The van der Waals surface area contributed by atoms with Crippen LogP contribution in [-0.4, -0.2) is 22.7 Å². The van der Waals surface area contributed by atoms with Gasteiger partial charge in [-0.15, -0.1) is 11.3 Å². The van der Waals surface area contributed by atoms with E-state index in [4.69, 9.17) is 4.52 Å². The summed E-state index contributed by atoms with van der Waals surface area (Å²) in [5.41, 5.74) is 0. The predicted molar refractivity (Wildman–Crippen MR) is 81.3 cm³/mol. The van der Waals surface area contributed by atoms with Crippen LogP contribution in [0.5, 0.6) is 0 Å². The summed E-state index contributed by atoms with van der Waals surface area (Å²) >= 11 is 1.70. The van der Waals surface area contributed by atoms with Gasteiger partial charge in [0.25, 0.3) is 0 Å². The zero-order chi connectivity index (χ0) is 15.2. The average molecular weight is 308 g/mol. The molecule has 0 radical (unpaired) electrons. The molecule has 7 heteroatoms. The highest BCUT2D eigenvalue weighted by Gasteiger charge is 2.18. The minimum absolute atomic E-state index is 0.215. The van der Waals surface area contributed by atoms with Gasteiger partial charge < -0.3 is 15.2 Å². The fourth-order valence-corrected chi connectivity index (χ4v) is 2.72. The molecule has 0 saturated heterocycles. The quantitative estimate of drug-likeness (QED) is 0.859. The minimum atomic E-state index is -0.237. The highest BCUT2D eigenvalue weighted by molar-refractivity contribution is 7.10. The molecule has 114 valence electrons. The SMILES string of the molecule is CC[C@@H](NC(=O)NC[C@H](C)c1cccs1)c1noc(C)n1. The molecule has 2 amide bonds. The number of urea groups is 1. The maximum Gasteiger partial charge on any atom is 0.315 e. The van der Waals surface area contributed by atoms with Gasteiger partial charge in [0.05, 0.1) is 6.04 Å². The Kier molecular flexibility index (Phi) is 5.32. The molecule has 2 heterocycles. The second kappa shape index (κ2) is 7.21. The lowest BCUT2D eigenvalue weighted by Crippen LogP contribution is -2.39. The Morgan fingerprint density at radius 2 is 2.33 bits per heavy atom. The van der Waals surface area contributed by atoms with Crippen molar-refractivity contribution in [3.05, 3.63) is 34.1 Å². The maximum atomic E-state index is 12.0. The molecule has 2 rings (SSSR count). The van der Waals surface area contributed by atoms with Crippen LogP contribution in [0.1, 0.15) is 48.8 Å². The molecule has 21 heavy (non-hydrogen) atoms. The summed E-state index contributed by atoms with van der Waals surface area (Å²) in [4.78, 5) is 17.4. The second-order valence-corrected chi connectivity index (χ2v) is 5.88. The van der Waals surface area contributed by atoms with E-state index in [9.17, 15) is 4.79 Å². The number of rotatable bonds is 6. The third kappa shape index (κ3) is 4.29. The lowest BCUT2D eigenvalue weighted by molar-refractivity contribution is 0.235. The standard InChI is InChI=1S/C14H20N4O2S/c1-4-11(13-16-10(3)20-18-13)17-14(19)15-8-9(2)12-6-5-7-21-12/h5-7,9,11H,4,8H2,1-3H3,(H2,15,17,19)/t9-,11+/m0/s1. The zero-order valence-corrected chi connectivity index (χ0v) is 13.2. The van der Waals surface area contributed by atoms with Crippen LogP contribution in [0.15, 0.2) is 22.0 Å². The summed E-state index contributed by atoms with van der Waals surface area (Å²) < 4.78 is 4.94. The van der Waals surface area contributed by atoms with E-state index in [1.807, 2.05) is 18.4 Å². The lowest BCUT2D eigenvalue weighted by Gasteiger charge is -2.16. The zero-order valence-electron chi connectivity index (χ0n) is 12.4. The second-order valence-electron chi connectivity index (χ2n) is 4.90.